The lowest BCUT2D eigenvalue weighted by Gasteiger charge is -2.26. The van der Waals surface area contributed by atoms with Crippen molar-refractivity contribution < 1.29 is 29.4 Å². The summed E-state index contributed by atoms with van der Waals surface area (Å²) in [5, 5.41) is 27.1. The highest BCUT2D eigenvalue weighted by Gasteiger charge is 2.31. The van der Waals surface area contributed by atoms with Crippen LogP contribution in [0.15, 0.2) is 41.8 Å². The van der Waals surface area contributed by atoms with Crippen molar-refractivity contribution in [2.75, 3.05) is 6.54 Å². The fourth-order valence-electron chi connectivity index (χ4n) is 3.99. The van der Waals surface area contributed by atoms with Gasteiger partial charge in [0.1, 0.15) is 23.9 Å². The van der Waals surface area contributed by atoms with E-state index < -0.39 is 47.9 Å². The third-order valence-electron chi connectivity index (χ3n) is 6.74. The quantitative estimate of drug-likeness (QED) is 0.0610. The number of nitrogens with two attached hydrogens (primary N) is 3. The molecule has 0 bridgehead atoms. The van der Waals surface area contributed by atoms with Gasteiger partial charge in [0.25, 0.3) is 0 Å². The van der Waals surface area contributed by atoms with Crippen molar-refractivity contribution in [1.29, 1.82) is 0 Å². The molecule has 0 aliphatic heterocycles. The Balaban J connectivity index is 2.24. The van der Waals surface area contributed by atoms with Crippen LogP contribution < -0.4 is 33.2 Å². The van der Waals surface area contributed by atoms with E-state index >= 15 is 0 Å². The molecule has 12 N–H and O–H groups in total. The Bertz CT molecular complexity index is 1200. The molecule has 0 spiro atoms. The number of imidazole rings is 1. The highest BCUT2D eigenvalue weighted by Crippen LogP contribution is 2.12. The summed E-state index contributed by atoms with van der Waals surface area (Å²) < 4.78 is 0. The Hall–Kier alpha value is -4.66. The topological polar surface area (TPSA) is 264 Å². The zero-order valence-electron chi connectivity index (χ0n) is 23.7. The third kappa shape index (κ3) is 11.1. The highest BCUT2D eigenvalue weighted by atomic mass is 16.4. The first kappa shape index (κ1) is 33.5. The summed E-state index contributed by atoms with van der Waals surface area (Å²) in [6, 6.07) is 1.42. The number of guanidine groups is 1. The van der Waals surface area contributed by atoms with Gasteiger partial charge >= 0.3 is 5.97 Å². The minimum absolute atomic E-state index is 0.0158. The Labute approximate surface area is 243 Å². The number of nitrogens with one attached hydrogen (secondary N) is 4. The number of aromatic nitrogens is 2. The van der Waals surface area contributed by atoms with E-state index in [1.807, 2.05) is 13.8 Å². The van der Waals surface area contributed by atoms with E-state index in [-0.39, 0.29) is 43.4 Å². The van der Waals surface area contributed by atoms with Crippen LogP contribution >= 0.6 is 0 Å². The van der Waals surface area contributed by atoms with Gasteiger partial charge in [-0.05, 0) is 36.5 Å². The number of hydrogen-bond acceptors (Lipinski definition) is 8. The van der Waals surface area contributed by atoms with Crippen LogP contribution in [0.2, 0.25) is 0 Å². The number of nitrogens with zero attached hydrogens (tertiary/aromatic N) is 2. The lowest BCUT2D eigenvalue weighted by atomic mass is 9.98. The number of aromatic hydroxyl groups is 1. The summed E-state index contributed by atoms with van der Waals surface area (Å²) >= 11 is 0. The zero-order valence-corrected chi connectivity index (χ0v) is 23.7. The van der Waals surface area contributed by atoms with Crippen LogP contribution in [0.5, 0.6) is 5.75 Å². The van der Waals surface area contributed by atoms with Gasteiger partial charge < -0.3 is 48.3 Å². The number of carboxylic acids is 1. The van der Waals surface area contributed by atoms with Gasteiger partial charge in [-0.2, -0.15) is 0 Å². The number of carbonyl (C=O) groups is 4. The van der Waals surface area contributed by atoms with Crippen LogP contribution in [-0.2, 0) is 32.0 Å². The molecular formula is C27H41N9O6. The van der Waals surface area contributed by atoms with E-state index in [1.54, 1.807) is 12.1 Å². The van der Waals surface area contributed by atoms with Crippen molar-refractivity contribution >= 4 is 29.7 Å². The molecule has 3 amide bonds. The van der Waals surface area contributed by atoms with Crippen LogP contribution in [0.4, 0.5) is 0 Å². The normalized spacial score (nSPS) is 14.5. The molecule has 230 valence electrons. The number of aromatic amines is 1. The maximum absolute atomic E-state index is 13.5. The highest BCUT2D eigenvalue weighted by molar-refractivity contribution is 5.94. The zero-order chi connectivity index (χ0) is 31.2. The SMILES string of the molecule is CCC(C)C(N)C(=O)NC(CCCN=C(N)N)C(=O)NC(Cc1cnc[nH]1)C(=O)NC(Cc1ccc(O)cc1)C(=O)O. The fraction of sp³-hybridized carbons (Fsp3) is 0.481. The van der Waals surface area contributed by atoms with Gasteiger partial charge in [-0.25, -0.2) is 9.78 Å². The first-order valence-electron chi connectivity index (χ1n) is 13.6. The molecule has 0 aliphatic carbocycles. The van der Waals surface area contributed by atoms with E-state index in [4.69, 9.17) is 17.2 Å². The Kier molecular flexibility index (Phi) is 13.2. The number of phenolic OH excluding ortho intramolecular Hbond substituents is 1. The average molecular weight is 588 g/mol. The lowest BCUT2D eigenvalue weighted by molar-refractivity contribution is -0.142. The molecule has 0 aliphatic rings. The number of aliphatic imine (C=N–C) groups is 1. The molecule has 15 nitrogen and oxygen atoms in total. The number of carbonyl (C=O) groups excluding carboxylic acids is 3. The monoisotopic (exact) mass is 587 g/mol. The number of hydrogen-bond donors (Lipinski definition) is 9. The number of rotatable bonds is 17. The minimum Gasteiger partial charge on any atom is -0.508 e. The van der Waals surface area contributed by atoms with Crippen molar-refractivity contribution in [3.05, 3.63) is 48.0 Å². The standard InChI is InChI=1S/C27H41N9O6/c1-3-15(2)22(28)25(40)34-19(5-4-10-32-27(29)30)23(38)35-20(12-17-13-31-14-33-17)24(39)36-21(26(41)42)11-16-6-8-18(37)9-7-16/h6-9,13-15,19-22,37H,3-5,10-12,28H2,1-2H3,(H,31,33)(H,34,40)(H,35,38)(H,36,39)(H,41,42)(H4,29,30,32). The van der Waals surface area contributed by atoms with Gasteiger partial charge in [-0.15, -0.1) is 0 Å². The molecule has 0 fully saturated rings. The third-order valence-corrected chi connectivity index (χ3v) is 6.74. The number of amides is 3. The lowest BCUT2D eigenvalue weighted by Crippen LogP contribution is -2.58. The van der Waals surface area contributed by atoms with E-state index in [9.17, 15) is 29.4 Å². The second-order valence-corrected chi connectivity index (χ2v) is 10.0. The van der Waals surface area contributed by atoms with Crippen molar-refractivity contribution in [2.24, 2.45) is 28.1 Å². The van der Waals surface area contributed by atoms with Crippen molar-refractivity contribution in [2.45, 2.75) is 70.1 Å². The number of benzene rings is 1. The first-order valence-corrected chi connectivity index (χ1v) is 13.6. The molecule has 0 radical (unpaired) electrons. The van der Waals surface area contributed by atoms with E-state index in [0.29, 0.717) is 24.1 Å². The van der Waals surface area contributed by atoms with Crippen LogP contribution in [0.25, 0.3) is 0 Å². The van der Waals surface area contributed by atoms with Gasteiger partial charge in [0.15, 0.2) is 5.96 Å². The molecule has 1 aromatic carbocycles. The van der Waals surface area contributed by atoms with E-state index in [1.165, 1.54) is 24.7 Å². The maximum Gasteiger partial charge on any atom is 0.326 e. The summed E-state index contributed by atoms with van der Waals surface area (Å²) in [4.78, 5) is 62.3. The van der Waals surface area contributed by atoms with Crippen LogP contribution in [0, 0.1) is 5.92 Å². The number of phenols is 1. The summed E-state index contributed by atoms with van der Waals surface area (Å²) in [5.41, 5.74) is 17.9. The Morgan fingerprint density at radius 2 is 1.60 bits per heavy atom. The second-order valence-electron chi connectivity index (χ2n) is 10.0. The predicted octanol–water partition coefficient (Wildman–Crippen LogP) is -1.13. The van der Waals surface area contributed by atoms with E-state index in [0.717, 1.165) is 0 Å². The van der Waals surface area contributed by atoms with Crippen LogP contribution in [0.1, 0.15) is 44.4 Å². The predicted molar refractivity (Wildman–Crippen MR) is 155 cm³/mol. The summed E-state index contributed by atoms with van der Waals surface area (Å²) in [7, 11) is 0. The molecular weight excluding hydrogens is 546 g/mol. The van der Waals surface area contributed by atoms with Crippen molar-refractivity contribution in [3.8, 4) is 5.75 Å². The molecule has 2 rings (SSSR count). The van der Waals surface area contributed by atoms with Crippen molar-refractivity contribution in [1.82, 2.24) is 25.9 Å². The van der Waals surface area contributed by atoms with E-state index in [2.05, 4.69) is 30.9 Å². The fourth-order valence-corrected chi connectivity index (χ4v) is 3.99. The molecule has 2 aromatic rings. The van der Waals surface area contributed by atoms with Crippen molar-refractivity contribution in [3.63, 3.8) is 0 Å². The van der Waals surface area contributed by atoms with Gasteiger partial charge in [-0.1, -0.05) is 32.4 Å². The molecule has 5 atom stereocenters. The second kappa shape index (κ2) is 16.6. The molecule has 15 heteroatoms. The molecule has 5 unspecified atom stereocenters. The maximum atomic E-state index is 13.5. The molecule has 1 heterocycles. The number of carboxylic acid groups (broad SMARTS) is 1. The van der Waals surface area contributed by atoms with Crippen LogP contribution in [-0.4, -0.2) is 80.5 Å². The summed E-state index contributed by atoms with van der Waals surface area (Å²) in [6.45, 7) is 3.91. The first-order chi connectivity index (χ1) is 19.9. The smallest absolute Gasteiger partial charge is 0.326 e. The average Bonchev–Trinajstić information content (AvgIpc) is 3.46. The largest absolute Gasteiger partial charge is 0.508 e. The minimum atomic E-state index is -1.33. The number of H-pyrrole nitrogens is 1. The Morgan fingerprint density at radius 3 is 2.17 bits per heavy atom. The molecule has 1 aromatic heterocycles. The van der Waals surface area contributed by atoms with Gasteiger partial charge in [0, 0.05) is 31.3 Å². The van der Waals surface area contributed by atoms with Gasteiger partial charge in [0.05, 0.1) is 12.4 Å². The number of aliphatic carboxylic acids is 1. The van der Waals surface area contributed by atoms with Gasteiger partial charge in [0.2, 0.25) is 17.7 Å². The molecule has 0 saturated heterocycles. The van der Waals surface area contributed by atoms with Crippen LogP contribution in [0.3, 0.4) is 0 Å². The Morgan fingerprint density at radius 1 is 0.976 bits per heavy atom. The summed E-state index contributed by atoms with van der Waals surface area (Å²) in [5.74, 6) is -3.48. The summed E-state index contributed by atoms with van der Waals surface area (Å²) in [6.07, 6.45) is 3.89. The molecule has 0 saturated carbocycles. The molecule has 42 heavy (non-hydrogen) atoms. The van der Waals surface area contributed by atoms with Gasteiger partial charge in [-0.3, -0.25) is 19.4 Å².